The van der Waals surface area contributed by atoms with Crippen LogP contribution in [0.3, 0.4) is 0 Å². The fourth-order valence-corrected chi connectivity index (χ4v) is 1.62. The fraction of sp³-hybridized carbons (Fsp3) is 0.0667. The molecule has 0 bridgehead atoms. The number of methoxy groups -OCH3 is 1. The Balaban J connectivity index is 2.06. The first kappa shape index (κ1) is 14.6. The summed E-state index contributed by atoms with van der Waals surface area (Å²) in [6.07, 6.45) is 1.37. The lowest BCUT2D eigenvalue weighted by Crippen LogP contribution is -2.19. The van der Waals surface area contributed by atoms with Gasteiger partial charge in [-0.25, -0.2) is 14.2 Å². The van der Waals surface area contributed by atoms with Crippen molar-refractivity contribution < 1.29 is 18.3 Å². The third kappa shape index (κ3) is 3.85. The van der Waals surface area contributed by atoms with Crippen LogP contribution >= 0.6 is 0 Å². The van der Waals surface area contributed by atoms with Crippen LogP contribution in [0.1, 0.15) is 15.9 Å². The number of hydrazone groups is 1. The van der Waals surface area contributed by atoms with Gasteiger partial charge in [-0.2, -0.15) is 5.10 Å². The summed E-state index contributed by atoms with van der Waals surface area (Å²) in [5, 5.41) is 3.69. The lowest BCUT2D eigenvalue weighted by molar-refractivity contribution is 0.0950. The Morgan fingerprint density at radius 1 is 1.24 bits per heavy atom. The molecule has 0 spiro atoms. The maximum Gasteiger partial charge on any atom is 0.274 e. The molecule has 0 saturated carbocycles. The highest BCUT2D eigenvalue weighted by Crippen LogP contribution is 2.11. The van der Waals surface area contributed by atoms with Gasteiger partial charge in [-0.15, -0.1) is 0 Å². The summed E-state index contributed by atoms with van der Waals surface area (Å²) < 4.78 is 31.4. The number of halogens is 2. The Morgan fingerprint density at radius 2 is 2.05 bits per heavy atom. The Morgan fingerprint density at radius 3 is 2.81 bits per heavy atom. The molecule has 0 aliphatic carbocycles. The second kappa shape index (κ2) is 6.60. The summed E-state index contributed by atoms with van der Waals surface area (Å²) in [5.74, 6) is -1.70. The molecule has 2 rings (SSSR count). The van der Waals surface area contributed by atoms with Crippen LogP contribution in [0.4, 0.5) is 8.78 Å². The maximum absolute atomic E-state index is 13.4. The van der Waals surface area contributed by atoms with E-state index in [4.69, 9.17) is 4.74 Å². The highest BCUT2D eigenvalue weighted by atomic mass is 19.1. The van der Waals surface area contributed by atoms with E-state index in [1.807, 2.05) is 0 Å². The predicted octanol–water partition coefficient (Wildman–Crippen LogP) is 2.74. The van der Waals surface area contributed by atoms with Gasteiger partial charge in [0.05, 0.1) is 18.9 Å². The second-order valence-corrected chi connectivity index (χ2v) is 4.10. The number of amides is 1. The molecular formula is C15H12F2N2O2. The number of carbonyl (C=O) groups excluding carboxylic acids is 1. The van der Waals surface area contributed by atoms with Gasteiger partial charge in [0.15, 0.2) is 0 Å². The van der Waals surface area contributed by atoms with E-state index < -0.39 is 23.1 Å². The van der Waals surface area contributed by atoms with E-state index in [9.17, 15) is 13.6 Å². The van der Waals surface area contributed by atoms with Gasteiger partial charge >= 0.3 is 0 Å². The van der Waals surface area contributed by atoms with Crippen molar-refractivity contribution in [3.8, 4) is 5.75 Å². The minimum absolute atomic E-state index is 0.405. The Labute approximate surface area is 120 Å². The lowest BCUT2D eigenvalue weighted by Gasteiger charge is -2.02. The normalized spacial score (nSPS) is 10.6. The summed E-state index contributed by atoms with van der Waals surface area (Å²) >= 11 is 0. The molecule has 2 aromatic carbocycles. The summed E-state index contributed by atoms with van der Waals surface area (Å²) in [6.45, 7) is 0. The van der Waals surface area contributed by atoms with E-state index in [-0.39, 0.29) is 0 Å². The number of rotatable bonds is 4. The number of benzene rings is 2. The van der Waals surface area contributed by atoms with Crippen molar-refractivity contribution in [3.63, 3.8) is 0 Å². The summed E-state index contributed by atoms with van der Waals surface area (Å²) in [7, 11) is 1.53. The summed E-state index contributed by atoms with van der Waals surface area (Å²) in [4.78, 5) is 11.7. The number of nitrogens with zero attached hydrogens (tertiary/aromatic N) is 1. The van der Waals surface area contributed by atoms with Crippen LogP contribution in [-0.4, -0.2) is 19.2 Å². The predicted molar refractivity (Wildman–Crippen MR) is 74.4 cm³/mol. The van der Waals surface area contributed by atoms with Gasteiger partial charge in [0.25, 0.3) is 5.91 Å². The zero-order valence-corrected chi connectivity index (χ0v) is 11.1. The zero-order chi connectivity index (χ0) is 15.2. The molecule has 0 saturated heterocycles. The summed E-state index contributed by atoms with van der Waals surface area (Å²) in [6, 6.07) is 9.61. The molecule has 0 aliphatic rings. The zero-order valence-electron chi connectivity index (χ0n) is 11.1. The molecule has 0 unspecified atom stereocenters. The van der Waals surface area contributed by atoms with Crippen LogP contribution in [0, 0.1) is 11.6 Å². The molecule has 108 valence electrons. The standard InChI is InChI=1S/C15H12F2N2O2/c1-21-12-4-2-3-10(7-12)9-18-19-15(20)13-8-11(16)5-6-14(13)17/h2-9H,1H3,(H,19,20). The van der Waals surface area contributed by atoms with Gasteiger partial charge in [0, 0.05) is 0 Å². The van der Waals surface area contributed by atoms with Crippen LogP contribution in [0.2, 0.25) is 0 Å². The van der Waals surface area contributed by atoms with Crippen LogP contribution in [-0.2, 0) is 0 Å². The Bertz CT molecular complexity index is 687. The van der Waals surface area contributed by atoms with E-state index in [2.05, 4.69) is 10.5 Å². The number of carbonyl (C=O) groups is 1. The number of hydrogen-bond donors (Lipinski definition) is 1. The third-order valence-corrected chi connectivity index (χ3v) is 2.65. The van der Waals surface area contributed by atoms with E-state index in [0.29, 0.717) is 11.3 Å². The SMILES string of the molecule is COc1cccc(C=NNC(=O)c2cc(F)ccc2F)c1. The van der Waals surface area contributed by atoms with Crippen molar-refractivity contribution >= 4 is 12.1 Å². The van der Waals surface area contributed by atoms with Gasteiger partial charge in [0.2, 0.25) is 0 Å². The smallest absolute Gasteiger partial charge is 0.274 e. The van der Waals surface area contributed by atoms with Crippen molar-refractivity contribution in [2.45, 2.75) is 0 Å². The van der Waals surface area contributed by atoms with Crippen LogP contribution in [0.15, 0.2) is 47.6 Å². The monoisotopic (exact) mass is 290 g/mol. The first-order valence-electron chi connectivity index (χ1n) is 6.02. The van der Waals surface area contributed by atoms with E-state index in [0.717, 1.165) is 18.2 Å². The van der Waals surface area contributed by atoms with Crippen molar-refractivity contribution in [2.24, 2.45) is 5.10 Å². The van der Waals surface area contributed by atoms with E-state index >= 15 is 0 Å². The molecular weight excluding hydrogens is 278 g/mol. The molecule has 0 heterocycles. The second-order valence-electron chi connectivity index (χ2n) is 4.10. The Hall–Kier alpha value is -2.76. The highest BCUT2D eigenvalue weighted by molar-refractivity contribution is 5.95. The van der Waals surface area contributed by atoms with E-state index in [1.54, 1.807) is 24.3 Å². The maximum atomic E-state index is 13.4. The number of nitrogens with one attached hydrogen (secondary N) is 1. The highest BCUT2D eigenvalue weighted by Gasteiger charge is 2.11. The van der Waals surface area contributed by atoms with Gasteiger partial charge in [0.1, 0.15) is 17.4 Å². The summed E-state index contributed by atoms with van der Waals surface area (Å²) in [5.41, 5.74) is 2.42. The third-order valence-electron chi connectivity index (χ3n) is 2.65. The average molecular weight is 290 g/mol. The van der Waals surface area contributed by atoms with Crippen molar-refractivity contribution in [1.29, 1.82) is 0 Å². The average Bonchev–Trinajstić information content (AvgIpc) is 2.49. The van der Waals surface area contributed by atoms with Gasteiger partial charge in [-0.3, -0.25) is 4.79 Å². The van der Waals surface area contributed by atoms with Crippen LogP contribution < -0.4 is 10.2 Å². The van der Waals surface area contributed by atoms with Gasteiger partial charge < -0.3 is 4.74 Å². The molecule has 21 heavy (non-hydrogen) atoms. The Kier molecular flexibility index (Phi) is 4.61. The molecule has 0 aromatic heterocycles. The molecule has 1 amide bonds. The lowest BCUT2D eigenvalue weighted by atomic mass is 10.2. The first-order valence-corrected chi connectivity index (χ1v) is 6.02. The molecule has 0 atom stereocenters. The fourth-order valence-electron chi connectivity index (χ4n) is 1.62. The van der Waals surface area contributed by atoms with Crippen LogP contribution in [0.5, 0.6) is 5.75 Å². The van der Waals surface area contributed by atoms with Crippen molar-refractivity contribution in [3.05, 3.63) is 65.2 Å². The van der Waals surface area contributed by atoms with Crippen molar-refractivity contribution in [1.82, 2.24) is 5.43 Å². The van der Waals surface area contributed by atoms with E-state index in [1.165, 1.54) is 13.3 Å². The molecule has 6 heteroatoms. The quantitative estimate of drug-likeness (QED) is 0.695. The molecule has 0 radical (unpaired) electrons. The minimum Gasteiger partial charge on any atom is -0.497 e. The molecule has 1 N–H and O–H groups in total. The number of ether oxygens (including phenoxy) is 1. The first-order chi connectivity index (χ1) is 10.1. The van der Waals surface area contributed by atoms with Gasteiger partial charge in [-0.1, -0.05) is 12.1 Å². The molecule has 0 fully saturated rings. The molecule has 4 nitrogen and oxygen atoms in total. The van der Waals surface area contributed by atoms with Crippen LogP contribution in [0.25, 0.3) is 0 Å². The topological polar surface area (TPSA) is 50.7 Å². The number of hydrogen-bond acceptors (Lipinski definition) is 3. The van der Waals surface area contributed by atoms with Gasteiger partial charge in [-0.05, 0) is 35.9 Å². The largest absolute Gasteiger partial charge is 0.497 e. The molecule has 0 aliphatic heterocycles. The molecule has 2 aromatic rings. The van der Waals surface area contributed by atoms with Crippen molar-refractivity contribution in [2.75, 3.05) is 7.11 Å². The minimum atomic E-state index is -0.828.